The van der Waals surface area contributed by atoms with Gasteiger partial charge >= 0.3 is 0 Å². The highest BCUT2D eigenvalue weighted by atomic mass is 19.1. The molecule has 1 aromatic rings. The quantitative estimate of drug-likeness (QED) is 0.879. The number of anilines is 1. The smallest absolute Gasteiger partial charge is 0.241 e. The number of ether oxygens (including phenoxy) is 1. The maximum atomic E-state index is 13.8. The lowest BCUT2D eigenvalue weighted by atomic mass is 10.2. The van der Waals surface area contributed by atoms with Crippen LogP contribution in [0.1, 0.15) is 26.7 Å². The standard InChI is InChI=1S/C14H19FN2O2/c1-9(2)19-10-5-6-12(11(15)8-10)17-14(18)13-4-3-7-16-13/h5-6,8-9,13,16H,3-4,7H2,1-2H3,(H,17,18). The molecule has 104 valence electrons. The summed E-state index contributed by atoms with van der Waals surface area (Å²) in [5.41, 5.74) is 0.190. The predicted octanol–water partition coefficient (Wildman–Crippen LogP) is 2.30. The van der Waals surface area contributed by atoms with Gasteiger partial charge < -0.3 is 15.4 Å². The van der Waals surface area contributed by atoms with Crippen LogP contribution >= 0.6 is 0 Å². The normalized spacial score (nSPS) is 18.6. The lowest BCUT2D eigenvalue weighted by Crippen LogP contribution is -2.35. The van der Waals surface area contributed by atoms with Crippen LogP contribution in [0.15, 0.2) is 18.2 Å². The molecule has 1 amide bonds. The van der Waals surface area contributed by atoms with E-state index in [4.69, 9.17) is 4.74 Å². The number of rotatable bonds is 4. The summed E-state index contributed by atoms with van der Waals surface area (Å²) in [6, 6.07) is 4.25. The summed E-state index contributed by atoms with van der Waals surface area (Å²) < 4.78 is 19.2. The molecule has 19 heavy (non-hydrogen) atoms. The summed E-state index contributed by atoms with van der Waals surface area (Å²) in [4.78, 5) is 11.9. The Morgan fingerprint density at radius 2 is 2.32 bits per heavy atom. The minimum Gasteiger partial charge on any atom is -0.491 e. The maximum Gasteiger partial charge on any atom is 0.241 e. The third-order valence-corrected chi connectivity index (χ3v) is 2.95. The van der Waals surface area contributed by atoms with Crippen molar-refractivity contribution in [2.24, 2.45) is 0 Å². The van der Waals surface area contributed by atoms with E-state index in [0.717, 1.165) is 19.4 Å². The summed E-state index contributed by atoms with van der Waals surface area (Å²) >= 11 is 0. The van der Waals surface area contributed by atoms with Gasteiger partial charge in [-0.05, 0) is 45.4 Å². The molecule has 1 aliphatic rings. The number of hydrogen-bond acceptors (Lipinski definition) is 3. The zero-order valence-corrected chi connectivity index (χ0v) is 11.2. The van der Waals surface area contributed by atoms with Crippen LogP contribution in [0.4, 0.5) is 10.1 Å². The number of halogens is 1. The monoisotopic (exact) mass is 266 g/mol. The second-order valence-electron chi connectivity index (χ2n) is 4.95. The van der Waals surface area contributed by atoms with Gasteiger partial charge in [-0.15, -0.1) is 0 Å². The third kappa shape index (κ3) is 3.67. The Bertz CT molecular complexity index is 457. The highest BCUT2D eigenvalue weighted by molar-refractivity contribution is 5.95. The van der Waals surface area contributed by atoms with Crippen molar-refractivity contribution in [3.63, 3.8) is 0 Å². The molecule has 1 unspecified atom stereocenters. The average Bonchev–Trinajstić information content (AvgIpc) is 2.85. The van der Waals surface area contributed by atoms with Crippen LogP contribution < -0.4 is 15.4 Å². The fraction of sp³-hybridized carbons (Fsp3) is 0.500. The first-order chi connectivity index (χ1) is 9.06. The van der Waals surface area contributed by atoms with Crippen LogP contribution in [-0.2, 0) is 4.79 Å². The van der Waals surface area contributed by atoms with Crippen molar-refractivity contribution in [2.75, 3.05) is 11.9 Å². The van der Waals surface area contributed by atoms with Crippen LogP contribution in [0, 0.1) is 5.82 Å². The molecule has 1 heterocycles. The van der Waals surface area contributed by atoms with Crippen LogP contribution in [-0.4, -0.2) is 24.6 Å². The lowest BCUT2D eigenvalue weighted by molar-refractivity contribution is -0.117. The van der Waals surface area contributed by atoms with E-state index < -0.39 is 5.82 Å². The van der Waals surface area contributed by atoms with E-state index in [0.29, 0.717) is 5.75 Å². The topological polar surface area (TPSA) is 50.4 Å². The van der Waals surface area contributed by atoms with Gasteiger partial charge in [0.1, 0.15) is 11.6 Å². The van der Waals surface area contributed by atoms with Crippen molar-refractivity contribution in [3.05, 3.63) is 24.0 Å². The molecular formula is C14H19FN2O2. The van der Waals surface area contributed by atoms with Crippen LogP contribution in [0.5, 0.6) is 5.75 Å². The Morgan fingerprint density at radius 1 is 1.53 bits per heavy atom. The van der Waals surface area contributed by atoms with E-state index in [1.54, 1.807) is 6.07 Å². The molecule has 1 fully saturated rings. The molecule has 0 radical (unpaired) electrons. The van der Waals surface area contributed by atoms with Gasteiger partial charge in [-0.1, -0.05) is 0 Å². The Labute approximate surface area is 112 Å². The van der Waals surface area contributed by atoms with Crippen molar-refractivity contribution < 1.29 is 13.9 Å². The summed E-state index contributed by atoms with van der Waals surface area (Å²) in [6.07, 6.45) is 1.76. The minimum absolute atomic E-state index is 0.0115. The van der Waals surface area contributed by atoms with Gasteiger partial charge in [-0.2, -0.15) is 0 Å². The summed E-state index contributed by atoms with van der Waals surface area (Å²) in [5.74, 6) is -0.206. The highest BCUT2D eigenvalue weighted by Crippen LogP contribution is 2.22. The molecule has 0 spiro atoms. The van der Waals surface area contributed by atoms with Crippen molar-refractivity contribution >= 4 is 11.6 Å². The van der Waals surface area contributed by atoms with Crippen LogP contribution in [0.3, 0.4) is 0 Å². The van der Waals surface area contributed by atoms with Crippen molar-refractivity contribution in [3.8, 4) is 5.75 Å². The zero-order chi connectivity index (χ0) is 13.8. The molecule has 0 saturated carbocycles. The molecule has 1 aliphatic heterocycles. The highest BCUT2D eigenvalue weighted by Gasteiger charge is 2.22. The van der Waals surface area contributed by atoms with E-state index in [2.05, 4.69) is 10.6 Å². The number of carbonyl (C=O) groups is 1. The van der Waals surface area contributed by atoms with Gasteiger partial charge in [-0.25, -0.2) is 4.39 Å². The van der Waals surface area contributed by atoms with Gasteiger partial charge in [0.2, 0.25) is 5.91 Å². The average molecular weight is 266 g/mol. The van der Waals surface area contributed by atoms with Gasteiger partial charge in [0.25, 0.3) is 0 Å². The molecule has 5 heteroatoms. The number of benzene rings is 1. The van der Waals surface area contributed by atoms with E-state index in [9.17, 15) is 9.18 Å². The van der Waals surface area contributed by atoms with Gasteiger partial charge in [0.15, 0.2) is 0 Å². The van der Waals surface area contributed by atoms with Gasteiger partial charge in [-0.3, -0.25) is 4.79 Å². The first-order valence-corrected chi connectivity index (χ1v) is 6.56. The number of amides is 1. The SMILES string of the molecule is CC(C)Oc1ccc(NC(=O)C2CCCN2)c(F)c1. The fourth-order valence-electron chi connectivity index (χ4n) is 2.07. The molecule has 0 aliphatic carbocycles. The summed E-state index contributed by atoms with van der Waals surface area (Å²) in [5, 5.41) is 5.68. The predicted molar refractivity (Wildman–Crippen MR) is 71.8 cm³/mol. The number of carbonyl (C=O) groups excluding carboxylic acids is 1. The molecular weight excluding hydrogens is 247 g/mol. The molecule has 1 saturated heterocycles. The largest absolute Gasteiger partial charge is 0.491 e. The fourth-order valence-corrected chi connectivity index (χ4v) is 2.07. The van der Waals surface area contributed by atoms with Crippen molar-refractivity contribution in [1.29, 1.82) is 0 Å². The maximum absolute atomic E-state index is 13.8. The number of nitrogens with one attached hydrogen (secondary N) is 2. The second-order valence-corrected chi connectivity index (χ2v) is 4.95. The lowest BCUT2D eigenvalue weighted by Gasteiger charge is -2.13. The van der Waals surface area contributed by atoms with Gasteiger partial charge in [0.05, 0.1) is 17.8 Å². The van der Waals surface area contributed by atoms with E-state index in [-0.39, 0.29) is 23.7 Å². The van der Waals surface area contributed by atoms with Crippen molar-refractivity contribution in [1.82, 2.24) is 5.32 Å². The Balaban J connectivity index is 2.02. The summed E-state index contributed by atoms with van der Waals surface area (Å²) in [7, 11) is 0. The second kappa shape index (κ2) is 6.02. The zero-order valence-electron chi connectivity index (χ0n) is 11.2. The first kappa shape index (κ1) is 13.8. The van der Waals surface area contributed by atoms with Crippen molar-refractivity contribution in [2.45, 2.75) is 38.8 Å². The number of hydrogen-bond donors (Lipinski definition) is 2. The van der Waals surface area contributed by atoms with E-state index in [1.165, 1.54) is 12.1 Å². The Hall–Kier alpha value is -1.62. The first-order valence-electron chi connectivity index (χ1n) is 6.56. The molecule has 1 atom stereocenters. The van der Waals surface area contributed by atoms with E-state index in [1.807, 2.05) is 13.8 Å². The van der Waals surface area contributed by atoms with Crippen LogP contribution in [0.25, 0.3) is 0 Å². The van der Waals surface area contributed by atoms with Gasteiger partial charge in [0, 0.05) is 6.07 Å². The third-order valence-electron chi connectivity index (χ3n) is 2.95. The van der Waals surface area contributed by atoms with Crippen LogP contribution in [0.2, 0.25) is 0 Å². The Morgan fingerprint density at radius 3 is 2.89 bits per heavy atom. The molecule has 4 nitrogen and oxygen atoms in total. The molecule has 2 N–H and O–H groups in total. The molecule has 1 aromatic carbocycles. The molecule has 0 aromatic heterocycles. The van der Waals surface area contributed by atoms with E-state index >= 15 is 0 Å². The Kier molecular flexibility index (Phi) is 4.37. The molecule has 2 rings (SSSR count). The molecule has 0 bridgehead atoms. The minimum atomic E-state index is -0.482. The summed E-state index contributed by atoms with van der Waals surface area (Å²) in [6.45, 7) is 4.58.